The maximum Gasteiger partial charge on any atom is 0.300 e. The van der Waals surface area contributed by atoms with Gasteiger partial charge in [-0.25, -0.2) is 0 Å². The summed E-state index contributed by atoms with van der Waals surface area (Å²) in [5, 5.41) is 23.3. The Bertz CT molecular complexity index is 127. The average Bonchev–Trinajstić information content (AvgIpc) is 1.85. The number of aliphatic carboxylic acids is 1. The molecule has 0 aliphatic heterocycles. The molecule has 0 aliphatic rings. The van der Waals surface area contributed by atoms with E-state index in [0.717, 1.165) is 6.92 Å². The van der Waals surface area contributed by atoms with Gasteiger partial charge in [0.15, 0.2) is 6.10 Å². The average molecular weight is 166 g/mol. The molecule has 0 amide bonds. The number of hydrogen-bond donors (Lipinski definition) is 2. The molecule has 4 nitrogen and oxygen atoms in total. The molecule has 0 rings (SSSR count). The number of carbonyl (C=O) groups is 1. The van der Waals surface area contributed by atoms with Crippen LogP contribution in [0.3, 0.4) is 0 Å². The second-order valence-corrected chi connectivity index (χ2v) is 1.63. The molecule has 58 valence electrons. The summed E-state index contributed by atoms with van der Waals surface area (Å²) in [6.45, 7) is 1.08. The Labute approximate surface area is 63.7 Å². The number of halogens is 1. The fourth-order valence-corrected chi connectivity index (χ4v) is 0.104. The molecule has 0 spiro atoms. The van der Waals surface area contributed by atoms with Crippen LogP contribution in [0.25, 0.3) is 0 Å². The summed E-state index contributed by atoms with van der Waals surface area (Å²) >= 11 is 4.98. The highest BCUT2D eigenvalue weighted by Gasteiger charge is 1.92. The van der Waals surface area contributed by atoms with Crippen molar-refractivity contribution in [1.82, 2.24) is 0 Å². The molecule has 0 heterocycles. The number of aliphatic hydroxyl groups is 1. The third-order valence-corrected chi connectivity index (χ3v) is 0.587. The molecule has 0 aromatic rings. The number of carboxylic acid groups (broad SMARTS) is 1. The van der Waals surface area contributed by atoms with Gasteiger partial charge in [0.25, 0.3) is 5.97 Å². The summed E-state index contributed by atoms with van der Waals surface area (Å²) in [6, 6.07) is 1.54. The number of hydrogen-bond acceptors (Lipinski definition) is 3. The van der Waals surface area contributed by atoms with E-state index >= 15 is 0 Å². The van der Waals surface area contributed by atoms with Crippen LogP contribution in [-0.4, -0.2) is 28.2 Å². The maximum atomic E-state index is 9.00. The van der Waals surface area contributed by atoms with Crippen LogP contribution in [0.1, 0.15) is 6.92 Å². The second-order valence-electron chi connectivity index (χ2n) is 1.32. The number of nitriles is 1. The highest BCUT2D eigenvalue weighted by molar-refractivity contribution is 6.18. The van der Waals surface area contributed by atoms with Gasteiger partial charge in [-0.15, -0.1) is 11.6 Å². The molecule has 10 heavy (non-hydrogen) atoms. The van der Waals surface area contributed by atoms with Gasteiger partial charge in [0.2, 0.25) is 0 Å². The van der Waals surface area contributed by atoms with Crippen molar-refractivity contribution >= 4 is 17.6 Å². The number of alkyl halides is 1. The summed E-state index contributed by atoms with van der Waals surface area (Å²) in [7, 11) is 0. The first kappa shape index (κ1) is 11.9. The van der Waals surface area contributed by atoms with Gasteiger partial charge in [0.05, 0.1) is 11.9 Å². The minimum atomic E-state index is -0.994. The van der Waals surface area contributed by atoms with Crippen molar-refractivity contribution in [3.63, 3.8) is 0 Å². The van der Waals surface area contributed by atoms with Crippen LogP contribution in [0, 0.1) is 11.3 Å². The first-order valence-corrected chi connectivity index (χ1v) is 2.91. The predicted octanol–water partition coefficient (Wildman–Crippen LogP) is 0.201. The number of rotatable bonds is 1. The van der Waals surface area contributed by atoms with Gasteiger partial charge < -0.3 is 10.2 Å². The zero-order chi connectivity index (χ0) is 8.57. The molecule has 5 heteroatoms. The maximum absolute atomic E-state index is 9.00. The lowest BCUT2D eigenvalue weighted by molar-refractivity contribution is -0.134. The Morgan fingerprint density at radius 3 is 2.20 bits per heavy atom. The highest BCUT2D eigenvalue weighted by atomic mass is 35.5. The molecular weight excluding hydrogens is 158 g/mol. The second kappa shape index (κ2) is 8.21. The van der Waals surface area contributed by atoms with Crippen LogP contribution in [0.5, 0.6) is 0 Å². The van der Waals surface area contributed by atoms with Crippen LogP contribution < -0.4 is 0 Å². The monoisotopic (exact) mass is 165 g/mol. The van der Waals surface area contributed by atoms with E-state index in [4.69, 9.17) is 31.9 Å². The molecule has 0 aliphatic carbocycles. The molecule has 0 bridgehead atoms. The normalized spacial score (nSPS) is 10.2. The van der Waals surface area contributed by atoms with E-state index in [1.807, 2.05) is 0 Å². The largest absolute Gasteiger partial charge is 0.481 e. The van der Waals surface area contributed by atoms with Crippen LogP contribution >= 0.6 is 11.6 Å². The summed E-state index contributed by atoms with van der Waals surface area (Å²) in [4.78, 5) is 9.00. The van der Waals surface area contributed by atoms with E-state index in [1.165, 1.54) is 6.07 Å². The van der Waals surface area contributed by atoms with E-state index in [2.05, 4.69) is 0 Å². The molecule has 1 unspecified atom stereocenters. The van der Waals surface area contributed by atoms with Crippen molar-refractivity contribution in [1.29, 1.82) is 5.26 Å². The fraction of sp³-hybridized carbons (Fsp3) is 0.600. The summed E-state index contributed by atoms with van der Waals surface area (Å²) in [5.41, 5.74) is 0. The quantitative estimate of drug-likeness (QED) is 0.430. The summed E-state index contributed by atoms with van der Waals surface area (Å²) in [6.07, 6.45) is -0.994. The first-order chi connectivity index (χ1) is 4.54. The highest BCUT2D eigenvalue weighted by Crippen LogP contribution is 1.80. The molecule has 2 N–H and O–H groups in total. The molecule has 0 aromatic heterocycles. The molecule has 0 fully saturated rings. The lowest BCUT2D eigenvalue weighted by Gasteiger charge is -1.85. The molecule has 0 saturated carbocycles. The number of nitrogens with zero attached hydrogens (tertiary/aromatic N) is 1. The Balaban J connectivity index is 0. The SMILES string of the molecule is CC(=O)O.N#CC(O)CCl. The van der Waals surface area contributed by atoms with Gasteiger partial charge in [-0.2, -0.15) is 5.26 Å². The minimum Gasteiger partial charge on any atom is -0.481 e. The topological polar surface area (TPSA) is 81.3 Å². The molecule has 0 saturated heterocycles. The summed E-state index contributed by atoms with van der Waals surface area (Å²) in [5.74, 6) is -0.837. The fourth-order valence-electron chi connectivity index (χ4n) is 0.0345. The van der Waals surface area contributed by atoms with Crippen molar-refractivity contribution in [3.05, 3.63) is 0 Å². The van der Waals surface area contributed by atoms with E-state index in [-0.39, 0.29) is 5.88 Å². The standard InChI is InChI=1S/C3H4ClNO.C2H4O2/c4-1-3(6)2-5;1-2(3)4/h3,6H,1H2;1H3,(H,3,4). The van der Waals surface area contributed by atoms with Gasteiger partial charge in [-0.05, 0) is 0 Å². The van der Waals surface area contributed by atoms with Gasteiger partial charge >= 0.3 is 0 Å². The molecule has 1 atom stereocenters. The number of aliphatic hydroxyl groups excluding tert-OH is 1. The van der Waals surface area contributed by atoms with Gasteiger partial charge in [0, 0.05) is 6.92 Å². The van der Waals surface area contributed by atoms with Crippen molar-refractivity contribution < 1.29 is 15.0 Å². The minimum absolute atomic E-state index is 0.00347. The van der Waals surface area contributed by atoms with Crippen molar-refractivity contribution in [2.75, 3.05) is 5.88 Å². The van der Waals surface area contributed by atoms with Crippen LogP contribution in [0.2, 0.25) is 0 Å². The molecule has 0 aromatic carbocycles. The van der Waals surface area contributed by atoms with Crippen molar-refractivity contribution in [2.45, 2.75) is 13.0 Å². The predicted molar refractivity (Wildman–Crippen MR) is 35.6 cm³/mol. The van der Waals surface area contributed by atoms with E-state index < -0.39 is 12.1 Å². The van der Waals surface area contributed by atoms with Crippen LogP contribution in [-0.2, 0) is 4.79 Å². The third kappa shape index (κ3) is 27.0. The van der Waals surface area contributed by atoms with E-state index in [9.17, 15) is 0 Å². The lowest BCUT2D eigenvalue weighted by atomic mass is 10.5. The van der Waals surface area contributed by atoms with Gasteiger partial charge in [-0.1, -0.05) is 0 Å². The molecule has 0 radical (unpaired) electrons. The van der Waals surface area contributed by atoms with Crippen molar-refractivity contribution in [3.8, 4) is 6.07 Å². The Morgan fingerprint density at radius 1 is 1.90 bits per heavy atom. The third-order valence-electron chi connectivity index (χ3n) is 0.295. The van der Waals surface area contributed by atoms with Gasteiger partial charge in [-0.3, -0.25) is 4.79 Å². The van der Waals surface area contributed by atoms with E-state index in [1.54, 1.807) is 0 Å². The Morgan fingerprint density at radius 2 is 2.20 bits per heavy atom. The van der Waals surface area contributed by atoms with Gasteiger partial charge in [0.1, 0.15) is 0 Å². The van der Waals surface area contributed by atoms with Crippen molar-refractivity contribution in [2.24, 2.45) is 0 Å². The molecular formula is C5H8ClNO3. The zero-order valence-electron chi connectivity index (χ0n) is 5.41. The first-order valence-electron chi connectivity index (χ1n) is 2.37. The smallest absolute Gasteiger partial charge is 0.300 e. The number of carboxylic acids is 1. The summed E-state index contributed by atoms with van der Waals surface area (Å²) < 4.78 is 0. The van der Waals surface area contributed by atoms with Crippen LogP contribution in [0.4, 0.5) is 0 Å². The van der Waals surface area contributed by atoms with Crippen LogP contribution in [0.15, 0.2) is 0 Å². The zero-order valence-corrected chi connectivity index (χ0v) is 6.17. The van der Waals surface area contributed by atoms with E-state index in [0.29, 0.717) is 0 Å². The lowest BCUT2D eigenvalue weighted by Crippen LogP contribution is -2.02. The Hall–Kier alpha value is -0.790. The Kier molecular flexibility index (Phi) is 9.80.